The highest BCUT2D eigenvalue weighted by Crippen LogP contribution is 2.67. The summed E-state index contributed by atoms with van der Waals surface area (Å²) < 4.78 is 4.78. The number of fused-ring (bicyclic) bond motifs is 5. The van der Waals surface area contributed by atoms with Gasteiger partial charge in [-0.3, -0.25) is 4.79 Å². The number of rotatable bonds is 3. The predicted octanol–water partition coefficient (Wildman–Crippen LogP) is 5.50. The summed E-state index contributed by atoms with van der Waals surface area (Å²) in [6, 6.07) is 0. The Balaban J connectivity index is 1.55. The smallest absolute Gasteiger partial charge is 0.330 e. The molecule has 3 fully saturated rings. The fourth-order valence-corrected chi connectivity index (χ4v) is 7.90. The maximum Gasteiger partial charge on any atom is 0.330 e. The second-order valence-corrected chi connectivity index (χ2v) is 10.4. The Morgan fingerprint density at radius 3 is 2.68 bits per heavy atom. The van der Waals surface area contributed by atoms with Gasteiger partial charge in [-0.25, -0.2) is 4.79 Å². The van der Waals surface area contributed by atoms with Crippen LogP contribution in [0.3, 0.4) is 0 Å². The molecular formula is C25H36O3. The largest absolute Gasteiger partial charge is 0.466 e. The van der Waals surface area contributed by atoms with E-state index in [4.69, 9.17) is 4.74 Å². The second-order valence-electron chi connectivity index (χ2n) is 10.4. The molecule has 0 N–H and O–H groups in total. The van der Waals surface area contributed by atoms with Crippen molar-refractivity contribution in [1.29, 1.82) is 0 Å². The van der Waals surface area contributed by atoms with E-state index >= 15 is 0 Å². The van der Waals surface area contributed by atoms with Gasteiger partial charge in [-0.1, -0.05) is 32.4 Å². The quantitative estimate of drug-likeness (QED) is 0.477. The maximum absolute atomic E-state index is 12.0. The minimum atomic E-state index is -0.248. The molecule has 28 heavy (non-hydrogen) atoms. The van der Waals surface area contributed by atoms with Crippen molar-refractivity contribution in [1.82, 2.24) is 0 Å². The molecule has 0 aromatic rings. The van der Waals surface area contributed by atoms with E-state index in [-0.39, 0.29) is 11.4 Å². The summed E-state index contributed by atoms with van der Waals surface area (Å²) >= 11 is 0. The van der Waals surface area contributed by atoms with E-state index in [2.05, 4.69) is 26.8 Å². The number of esters is 1. The molecule has 4 rings (SSSR count). The lowest BCUT2D eigenvalue weighted by Gasteiger charge is -2.58. The second kappa shape index (κ2) is 7.15. The summed E-state index contributed by atoms with van der Waals surface area (Å²) in [6.45, 7) is 7.27. The standard InChI is InChI=1S/C25H36O3/c1-16(5-10-23(27)28-4)20-8-9-21-19-7-6-17-15-18(26)11-13-24(17,2)22(19)12-14-25(20,21)3/h5,10,15-16,19-22H,6-9,11-14H2,1-4H3/b10-5+/t16-,19+,20-,21+,22+,24+,25-/m1/s1. The predicted molar refractivity (Wildman–Crippen MR) is 111 cm³/mol. The first-order valence-corrected chi connectivity index (χ1v) is 11.3. The Kier molecular flexibility index (Phi) is 5.08. The summed E-state index contributed by atoms with van der Waals surface area (Å²) in [5.41, 5.74) is 2.09. The number of allylic oxidation sites excluding steroid dienone is 2. The number of carbonyl (C=O) groups is 2. The number of carbonyl (C=O) groups excluding carboxylic acids is 2. The van der Waals surface area contributed by atoms with E-state index in [1.165, 1.54) is 44.8 Å². The highest BCUT2D eigenvalue weighted by molar-refractivity contribution is 5.91. The van der Waals surface area contributed by atoms with Gasteiger partial charge in [0.25, 0.3) is 0 Å². The van der Waals surface area contributed by atoms with Crippen LogP contribution in [0.5, 0.6) is 0 Å². The van der Waals surface area contributed by atoms with E-state index in [0.29, 0.717) is 23.0 Å². The van der Waals surface area contributed by atoms with Crippen LogP contribution in [0.2, 0.25) is 0 Å². The van der Waals surface area contributed by atoms with Gasteiger partial charge in [0.05, 0.1) is 7.11 Å². The molecule has 3 saturated carbocycles. The zero-order valence-electron chi connectivity index (χ0n) is 18.0. The SMILES string of the molecule is COC(=O)/C=C/[C@@H](C)[C@H]1CC[C@H]2[C@@H]3CCC4=CC(=O)CC[C@]4(C)[C@H]3CC[C@]12C. The van der Waals surface area contributed by atoms with Crippen LogP contribution in [0.1, 0.15) is 72.1 Å². The molecule has 0 spiro atoms. The lowest BCUT2D eigenvalue weighted by Crippen LogP contribution is -2.50. The Morgan fingerprint density at radius 2 is 1.93 bits per heavy atom. The average molecular weight is 385 g/mol. The van der Waals surface area contributed by atoms with Gasteiger partial charge in [0.1, 0.15) is 0 Å². The average Bonchev–Trinajstić information content (AvgIpc) is 3.03. The van der Waals surface area contributed by atoms with Gasteiger partial charge in [0, 0.05) is 12.5 Å². The number of ether oxygens (including phenoxy) is 1. The van der Waals surface area contributed by atoms with E-state index in [9.17, 15) is 9.59 Å². The first kappa shape index (κ1) is 19.9. The molecule has 154 valence electrons. The Hall–Kier alpha value is -1.38. The van der Waals surface area contributed by atoms with Crippen LogP contribution in [0.25, 0.3) is 0 Å². The first-order chi connectivity index (χ1) is 13.3. The van der Waals surface area contributed by atoms with Crippen LogP contribution in [0.4, 0.5) is 0 Å². The lowest BCUT2D eigenvalue weighted by molar-refractivity contribution is -0.134. The highest BCUT2D eigenvalue weighted by atomic mass is 16.5. The van der Waals surface area contributed by atoms with Gasteiger partial charge in [0.15, 0.2) is 5.78 Å². The van der Waals surface area contributed by atoms with Crippen LogP contribution < -0.4 is 0 Å². The minimum absolute atomic E-state index is 0.248. The van der Waals surface area contributed by atoms with Crippen molar-refractivity contribution in [3.8, 4) is 0 Å². The van der Waals surface area contributed by atoms with Gasteiger partial charge in [-0.2, -0.15) is 0 Å². The molecular weight excluding hydrogens is 348 g/mol. The zero-order valence-corrected chi connectivity index (χ0v) is 18.0. The maximum atomic E-state index is 12.0. The molecule has 0 saturated heterocycles. The monoisotopic (exact) mass is 384 g/mol. The zero-order chi connectivity index (χ0) is 20.1. The van der Waals surface area contributed by atoms with Crippen LogP contribution in [-0.4, -0.2) is 18.9 Å². The summed E-state index contributed by atoms with van der Waals surface area (Å²) in [5, 5.41) is 0. The minimum Gasteiger partial charge on any atom is -0.466 e. The molecule has 0 aliphatic heterocycles. The van der Waals surface area contributed by atoms with Gasteiger partial charge >= 0.3 is 5.97 Å². The molecule has 3 nitrogen and oxygen atoms in total. The molecule has 3 heteroatoms. The molecule has 0 aromatic carbocycles. The van der Waals surface area contributed by atoms with Gasteiger partial charge < -0.3 is 4.74 Å². The Morgan fingerprint density at radius 1 is 1.14 bits per heavy atom. The first-order valence-electron chi connectivity index (χ1n) is 11.3. The molecule has 0 radical (unpaired) electrons. The van der Waals surface area contributed by atoms with Crippen LogP contribution in [0, 0.1) is 40.4 Å². The summed E-state index contributed by atoms with van der Waals surface area (Å²) in [4.78, 5) is 23.5. The third kappa shape index (κ3) is 3.00. The molecule has 0 heterocycles. The summed E-state index contributed by atoms with van der Waals surface area (Å²) in [6.07, 6.45) is 15.1. The van der Waals surface area contributed by atoms with Crippen molar-refractivity contribution in [2.24, 2.45) is 40.4 Å². The van der Waals surface area contributed by atoms with Crippen LogP contribution in [-0.2, 0) is 14.3 Å². The Labute approximate surface area is 170 Å². The number of hydrogen-bond acceptors (Lipinski definition) is 3. The third-order valence-corrected chi connectivity index (χ3v) is 9.41. The fourth-order valence-electron chi connectivity index (χ4n) is 7.90. The fraction of sp³-hybridized carbons (Fsp3) is 0.760. The summed E-state index contributed by atoms with van der Waals surface area (Å²) in [5.74, 6) is 3.50. The van der Waals surface area contributed by atoms with Crippen LogP contribution in [0.15, 0.2) is 23.8 Å². The molecule has 0 unspecified atom stereocenters. The topological polar surface area (TPSA) is 43.4 Å². The molecule has 0 aromatic heterocycles. The molecule has 4 aliphatic rings. The number of methoxy groups -OCH3 is 1. The lowest BCUT2D eigenvalue weighted by atomic mass is 9.46. The number of hydrogen-bond donors (Lipinski definition) is 0. The normalized spacial score (nSPS) is 43.7. The van der Waals surface area contributed by atoms with Crippen molar-refractivity contribution in [2.75, 3.05) is 7.11 Å². The van der Waals surface area contributed by atoms with Gasteiger partial charge in [-0.05, 0) is 91.4 Å². The number of ketones is 1. The van der Waals surface area contributed by atoms with E-state index in [1.807, 2.05) is 6.08 Å². The highest BCUT2D eigenvalue weighted by Gasteiger charge is 2.59. The summed E-state index contributed by atoms with van der Waals surface area (Å²) in [7, 11) is 1.44. The van der Waals surface area contributed by atoms with E-state index < -0.39 is 0 Å². The van der Waals surface area contributed by atoms with Crippen molar-refractivity contribution < 1.29 is 14.3 Å². The molecule has 0 bridgehead atoms. The third-order valence-electron chi connectivity index (χ3n) is 9.41. The van der Waals surface area contributed by atoms with Gasteiger partial charge in [0.2, 0.25) is 0 Å². The molecule has 0 amide bonds. The van der Waals surface area contributed by atoms with Crippen molar-refractivity contribution in [3.63, 3.8) is 0 Å². The molecule has 7 atom stereocenters. The van der Waals surface area contributed by atoms with Crippen molar-refractivity contribution >= 4 is 11.8 Å². The Bertz CT molecular complexity index is 719. The molecule has 4 aliphatic carbocycles. The van der Waals surface area contributed by atoms with E-state index in [0.717, 1.165) is 37.0 Å². The van der Waals surface area contributed by atoms with Crippen LogP contribution >= 0.6 is 0 Å². The van der Waals surface area contributed by atoms with E-state index in [1.54, 1.807) is 6.08 Å². The van der Waals surface area contributed by atoms with Gasteiger partial charge in [-0.15, -0.1) is 0 Å². The van der Waals surface area contributed by atoms with Crippen molar-refractivity contribution in [3.05, 3.63) is 23.8 Å². The van der Waals surface area contributed by atoms with Crippen molar-refractivity contribution in [2.45, 2.75) is 72.1 Å².